The van der Waals surface area contributed by atoms with E-state index in [1.54, 1.807) is 23.6 Å². The van der Waals surface area contributed by atoms with Crippen LogP contribution in [0.15, 0.2) is 36.1 Å². The second-order valence-corrected chi connectivity index (χ2v) is 6.89. The predicted molar refractivity (Wildman–Crippen MR) is 106 cm³/mol. The van der Waals surface area contributed by atoms with E-state index in [-0.39, 0.29) is 24.4 Å². The van der Waals surface area contributed by atoms with E-state index in [0.29, 0.717) is 16.9 Å². The third kappa shape index (κ3) is 3.84. The van der Waals surface area contributed by atoms with Crippen molar-refractivity contribution >= 4 is 23.0 Å². The molecule has 4 rings (SSSR count). The molecule has 4 heterocycles. The molecule has 4 atom stereocenters. The van der Waals surface area contributed by atoms with Crippen molar-refractivity contribution < 1.29 is 19.4 Å². The van der Waals surface area contributed by atoms with Gasteiger partial charge >= 0.3 is 5.97 Å². The van der Waals surface area contributed by atoms with Crippen LogP contribution in [0.3, 0.4) is 0 Å². The first-order valence-corrected chi connectivity index (χ1v) is 9.43. The smallest absolute Gasteiger partial charge is 0.340 e. The summed E-state index contributed by atoms with van der Waals surface area (Å²) in [6, 6.07) is 2.47. The first-order valence-electron chi connectivity index (χ1n) is 9.43. The Kier molecular flexibility index (Phi) is 5.62. The van der Waals surface area contributed by atoms with Crippen molar-refractivity contribution in [2.45, 2.75) is 37.8 Å². The zero-order valence-corrected chi connectivity index (χ0v) is 16.4. The van der Waals surface area contributed by atoms with Gasteiger partial charge in [-0.2, -0.15) is 0 Å². The van der Waals surface area contributed by atoms with Crippen LogP contribution in [0.25, 0.3) is 21.6 Å². The Morgan fingerprint density at radius 3 is 3.10 bits per heavy atom. The summed E-state index contributed by atoms with van der Waals surface area (Å²) in [6.07, 6.45) is 2.53. The highest BCUT2D eigenvalue weighted by atomic mass is 16.6. The molecule has 1 unspecified atom stereocenters. The van der Waals surface area contributed by atoms with Gasteiger partial charge in [-0.05, 0) is 17.7 Å². The molecule has 0 aliphatic carbocycles. The number of aliphatic hydroxyl groups excluding tert-OH is 1. The molecular weight excluding hydrogens is 406 g/mol. The molecule has 1 saturated heterocycles. The molecule has 1 aliphatic rings. The summed E-state index contributed by atoms with van der Waals surface area (Å²) in [5.74, 6) is -0.417. The van der Waals surface area contributed by atoms with Crippen molar-refractivity contribution in [1.82, 2.24) is 24.5 Å². The zero-order valence-electron chi connectivity index (χ0n) is 16.4. The maximum absolute atomic E-state index is 12.9. The van der Waals surface area contributed by atoms with Crippen molar-refractivity contribution in [2.75, 3.05) is 12.3 Å². The normalized spacial score (nSPS) is 21.5. The standard InChI is InChI=1S/C18H19N9O4/c1-9(25-26-20)14-10(3-2-4-21-14)18(29)31-11-5-13(30-12(11)6-28)27-8-24-15-16(19)22-7-23-17(15)27/h2-4,7-9,11-13,28H,5-6H2,1H3,(H2,19,22,23)/t9?,11-,12-,13-/m1/s1. The van der Waals surface area contributed by atoms with Gasteiger partial charge in [-0.1, -0.05) is 12.0 Å². The maximum atomic E-state index is 12.9. The maximum Gasteiger partial charge on any atom is 0.340 e. The number of hydrogen-bond acceptors (Lipinski definition) is 10. The quantitative estimate of drug-likeness (QED) is 0.256. The van der Waals surface area contributed by atoms with Crippen LogP contribution in [0.1, 0.15) is 41.7 Å². The summed E-state index contributed by atoms with van der Waals surface area (Å²) in [5, 5.41) is 13.3. The van der Waals surface area contributed by atoms with E-state index < -0.39 is 30.4 Å². The van der Waals surface area contributed by atoms with Crippen LogP contribution in [-0.4, -0.2) is 54.4 Å². The number of rotatable bonds is 6. The minimum absolute atomic E-state index is 0.177. The number of azide groups is 1. The number of carbonyl (C=O) groups excluding carboxylic acids is 1. The van der Waals surface area contributed by atoms with Gasteiger partial charge in [-0.15, -0.1) is 0 Å². The van der Waals surface area contributed by atoms with E-state index >= 15 is 0 Å². The topological polar surface area (TPSA) is 187 Å². The molecule has 0 radical (unpaired) electrons. The van der Waals surface area contributed by atoms with E-state index in [9.17, 15) is 9.90 Å². The van der Waals surface area contributed by atoms with Crippen LogP contribution >= 0.6 is 0 Å². The highest BCUT2D eigenvalue weighted by Crippen LogP contribution is 2.33. The molecule has 0 aromatic carbocycles. The fourth-order valence-corrected chi connectivity index (χ4v) is 3.50. The van der Waals surface area contributed by atoms with Gasteiger partial charge in [0.1, 0.15) is 30.3 Å². The Hall–Kier alpha value is -3.80. The van der Waals surface area contributed by atoms with Gasteiger partial charge in [-0.25, -0.2) is 19.7 Å². The van der Waals surface area contributed by atoms with Crippen LogP contribution < -0.4 is 5.73 Å². The van der Waals surface area contributed by atoms with Crippen LogP contribution in [0.4, 0.5) is 5.82 Å². The summed E-state index contributed by atoms with van der Waals surface area (Å²) in [5.41, 5.74) is 15.9. The number of pyridine rings is 1. The van der Waals surface area contributed by atoms with E-state index in [1.807, 2.05) is 0 Å². The van der Waals surface area contributed by atoms with E-state index in [1.165, 1.54) is 18.9 Å². The van der Waals surface area contributed by atoms with Gasteiger partial charge < -0.3 is 20.3 Å². The number of imidazole rings is 1. The third-order valence-corrected chi connectivity index (χ3v) is 5.00. The summed E-state index contributed by atoms with van der Waals surface area (Å²) in [7, 11) is 0. The number of ether oxygens (including phenoxy) is 2. The van der Waals surface area contributed by atoms with Crippen molar-refractivity contribution in [1.29, 1.82) is 0 Å². The molecule has 1 fully saturated rings. The van der Waals surface area contributed by atoms with E-state index in [4.69, 9.17) is 20.7 Å². The van der Waals surface area contributed by atoms with Crippen molar-refractivity contribution in [3.8, 4) is 0 Å². The second-order valence-electron chi connectivity index (χ2n) is 6.89. The molecule has 0 saturated carbocycles. The van der Waals surface area contributed by atoms with Crippen LogP contribution in [0, 0.1) is 0 Å². The highest BCUT2D eigenvalue weighted by Gasteiger charge is 2.39. The van der Waals surface area contributed by atoms with Gasteiger partial charge in [0.25, 0.3) is 0 Å². The van der Waals surface area contributed by atoms with E-state index in [2.05, 4.69) is 30.0 Å². The van der Waals surface area contributed by atoms with Gasteiger partial charge in [0.2, 0.25) is 0 Å². The molecular formula is C18H19N9O4. The minimum Gasteiger partial charge on any atom is -0.456 e. The summed E-state index contributed by atoms with van der Waals surface area (Å²) < 4.78 is 13.2. The average molecular weight is 425 g/mol. The second kappa shape index (κ2) is 8.52. The van der Waals surface area contributed by atoms with Gasteiger partial charge in [-0.3, -0.25) is 9.55 Å². The Morgan fingerprint density at radius 1 is 1.48 bits per heavy atom. The molecule has 0 bridgehead atoms. The molecule has 160 valence electrons. The monoisotopic (exact) mass is 425 g/mol. The molecule has 0 amide bonds. The average Bonchev–Trinajstić information content (AvgIpc) is 3.38. The molecule has 0 spiro atoms. The third-order valence-electron chi connectivity index (χ3n) is 5.00. The van der Waals surface area contributed by atoms with Crippen molar-refractivity contribution in [3.63, 3.8) is 0 Å². The number of carbonyl (C=O) groups is 1. The highest BCUT2D eigenvalue weighted by molar-refractivity contribution is 5.91. The molecule has 3 aromatic rings. The lowest BCUT2D eigenvalue weighted by Crippen LogP contribution is -2.30. The first-order chi connectivity index (χ1) is 15.0. The Bertz CT molecular complexity index is 1160. The Balaban J connectivity index is 1.56. The molecule has 1 aliphatic heterocycles. The largest absolute Gasteiger partial charge is 0.456 e. The summed E-state index contributed by atoms with van der Waals surface area (Å²) >= 11 is 0. The first kappa shape index (κ1) is 20.5. The van der Waals surface area contributed by atoms with Gasteiger partial charge in [0.15, 0.2) is 11.5 Å². The lowest BCUT2D eigenvalue weighted by atomic mass is 10.1. The number of aromatic nitrogens is 5. The molecule has 13 nitrogen and oxygen atoms in total. The number of esters is 1. The van der Waals surface area contributed by atoms with Gasteiger partial charge in [0, 0.05) is 17.5 Å². The van der Waals surface area contributed by atoms with Crippen LogP contribution in [0.2, 0.25) is 0 Å². The summed E-state index contributed by atoms with van der Waals surface area (Å²) in [6.45, 7) is 1.27. The molecule has 13 heteroatoms. The lowest BCUT2D eigenvalue weighted by molar-refractivity contribution is -0.0500. The summed E-state index contributed by atoms with van der Waals surface area (Å²) in [4.78, 5) is 32.1. The fourth-order valence-electron chi connectivity index (χ4n) is 3.50. The predicted octanol–water partition coefficient (Wildman–Crippen LogP) is 1.68. The number of aliphatic hydroxyl groups is 1. The number of hydrogen-bond donors (Lipinski definition) is 2. The van der Waals surface area contributed by atoms with Gasteiger partial charge in [0.05, 0.1) is 30.2 Å². The Morgan fingerprint density at radius 2 is 2.32 bits per heavy atom. The van der Waals surface area contributed by atoms with E-state index in [0.717, 1.165) is 0 Å². The Labute approximate surface area is 175 Å². The SMILES string of the molecule is CC(N=[N+]=[N-])c1ncccc1C(=O)O[C@@H]1C[C@H](n2cnc3c(N)ncnc32)O[C@@H]1CO. The van der Waals surface area contributed by atoms with Crippen molar-refractivity contribution in [2.24, 2.45) is 5.11 Å². The van der Waals surface area contributed by atoms with Crippen molar-refractivity contribution in [3.05, 3.63) is 52.7 Å². The number of anilines is 1. The fraction of sp³-hybridized carbons (Fsp3) is 0.389. The lowest BCUT2D eigenvalue weighted by Gasteiger charge is -2.18. The molecule has 3 N–H and O–H groups in total. The number of nitrogens with two attached hydrogens (primary N) is 1. The number of fused-ring (bicyclic) bond motifs is 1. The van der Waals surface area contributed by atoms with Crippen LogP contribution in [0.5, 0.6) is 0 Å². The number of nitrogens with zero attached hydrogens (tertiary/aromatic N) is 8. The minimum atomic E-state index is -0.750. The molecule has 31 heavy (non-hydrogen) atoms. The number of nitrogen functional groups attached to an aromatic ring is 1. The van der Waals surface area contributed by atoms with Crippen LogP contribution in [-0.2, 0) is 9.47 Å². The zero-order chi connectivity index (χ0) is 22.0. The molecule has 3 aromatic heterocycles.